The van der Waals surface area contributed by atoms with Gasteiger partial charge in [0, 0.05) is 10.8 Å². The molecule has 146 valence electrons. The van der Waals surface area contributed by atoms with Gasteiger partial charge in [0.05, 0.1) is 0 Å². The molecule has 0 atom stereocenters. The van der Waals surface area contributed by atoms with Gasteiger partial charge in [0.2, 0.25) is 5.13 Å². The summed E-state index contributed by atoms with van der Waals surface area (Å²) in [6.07, 6.45) is 0. The highest BCUT2D eigenvalue weighted by atomic mass is 35.5. The van der Waals surface area contributed by atoms with Crippen LogP contribution in [-0.4, -0.2) is 22.7 Å². The summed E-state index contributed by atoms with van der Waals surface area (Å²) >= 11 is 8.84. The van der Waals surface area contributed by atoms with E-state index >= 15 is 0 Å². The van der Waals surface area contributed by atoms with Crippen molar-refractivity contribution < 1.29 is 9.53 Å². The molecule has 3 aromatic carbocycles. The highest BCUT2D eigenvalue weighted by Crippen LogP contribution is 2.30. The van der Waals surface area contributed by atoms with E-state index in [2.05, 4.69) is 45.8 Å². The van der Waals surface area contributed by atoms with Crippen molar-refractivity contribution in [1.82, 2.24) is 10.2 Å². The van der Waals surface area contributed by atoms with E-state index in [1.807, 2.05) is 12.1 Å². The van der Waals surface area contributed by atoms with Crippen LogP contribution in [0.15, 0.2) is 71.1 Å². The molecule has 0 bridgehead atoms. The third-order valence-corrected chi connectivity index (χ3v) is 6.31. The number of halogens is 1. The maximum atomic E-state index is 12.1. The molecule has 4 aromatic rings. The van der Waals surface area contributed by atoms with Gasteiger partial charge < -0.3 is 4.74 Å². The van der Waals surface area contributed by atoms with Gasteiger partial charge in [0.1, 0.15) is 5.75 Å². The van der Waals surface area contributed by atoms with Crippen molar-refractivity contribution in [3.05, 3.63) is 77.3 Å². The largest absolute Gasteiger partial charge is 0.484 e. The maximum absolute atomic E-state index is 12.1. The fraction of sp³-hybridized carbons (Fsp3) is 0.0952. The Balaban J connectivity index is 1.32. The van der Waals surface area contributed by atoms with Crippen molar-refractivity contribution in [1.29, 1.82) is 0 Å². The summed E-state index contributed by atoms with van der Waals surface area (Å²) in [5.74, 6) is 1.02. The van der Waals surface area contributed by atoms with Gasteiger partial charge >= 0.3 is 0 Å². The lowest BCUT2D eigenvalue weighted by atomic mass is 10.1. The zero-order valence-electron chi connectivity index (χ0n) is 15.2. The third kappa shape index (κ3) is 5.26. The zero-order valence-corrected chi connectivity index (χ0v) is 17.6. The van der Waals surface area contributed by atoms with Gasteiger partial charge in [0.25, 0.3) is 5.91 Å². The summed E-state index contributed by atoms with van der Waals surface area (Å²) in [4.78, 5) is 12.1. The van der Waals surface area contributed by atoms with Crippen LogP contribution in [0.25, 0.3) is 10.8 Å². The van der Waals surface area contributed by atoms with Gasteiger partial charge in [-0.1, -0.05) is 83.2 Å². The Kier molecular flexibility index (Phi) is 6.29. The first-order valence-electron chi connectivity index (χ1n) is 8.78. The molecule has 0 aliphatic rings. The van der Waals surface area contributed by atoms with Crippen LogP contribution in [0, 0.1) is 0 Å². The standard InChI is InChI=1S/C21H16ClN3O2S2/c22-16-8-4-9-17(11-16)27-12-19(26)23-20-24-25-21(29-20)28-13-15-7-3-6-14-5-1-2-10-18(14)15/h1-11H,12-13H2,(H,23,24,26). The number of carbonyl (C=O) groups is 1. The average Bonchev–Trinajstić information content (AvgIpc) is 3.18. The quantitative estimate of drug-likeness (QED) is 0.296. The molecule has 1 aromatic heterocycles. The minimum absolute atomic E-state index is 0.127. The molecule has 5 nitrogen and oxygen atoms in total. The first-order chi connectivity index (χ1) is 14.2. The second-order valence-electron chi connectivity index (χ2n) is 6.09. The number of fused-ring (bicyclic) bond motifs is 1. The number of carbonyl (C=O) groups excluding carboxylic acids is 1. The molecule has 8 heteroatoms. The molecule has 0 unspecified atom stereocenters. The molecule has 0 saturated carbocycles. The van der Waals surface area contributed by atoms with Crippen molar-refractivity contribution in [3.63, 3.8) is 0 Å². The predicted molar refractivity (Wildman–Crippen MR) is 119 cm³/mol. The van der Waals surface area contributed by atoms with E-state index in [1.54, 1.807) is 36.0 Å². The molecule has 0 fully saturated rings. The number of rotatable bonds is 7. The lowest BCUT2D eigenvalue weighted by Gasteiger charge is -2.05. The van der Waals surface area contributed by atoms with Crippen LogP contribution >= 0.6 is 34.7 Å². The summed E-state index contributed by atoms with van der Waals surface area (Å²) in [7, 11) is 0. The normalized spacial score (nSPS) is 10.8. The van der Waals surface area contributed by atoms with Crippen LogP contribution in [-0.2, 0) is 10.5 Å². The zero-order chi connectivity index (χ0) is 20.1. The number of hydrogen-bond donors (Lipinski definition) is 1. The molecular weight excluding hydrogens is 426 g/mol. The van der Waals surface area contributed by atoms with Crippen molar-refractivity contribution in [2.24, 2.45) is 0 Å². The van der Waals surface area contributed by atoms with Crippen LogP contribution in [0.4, 0.5) is 5.13 Å². The number of nitrogens with zero attached hydrogens (tertiary/aromatic N) is 2. The molecule has 0 aliphatic heterocycles. The lowest BCUT2D eigenvalue weighted by Crippen LogP contribution is -2.20. The Morgan fingerprint density at radius 1 is 1.07 bits per heavy atom. The molecule has 0 spiro atoms. The van der Waals surface area contributed by atoms with E-state index in [9.17, 15) is 4.79 Å². The Morgan fingerprint density at radius 3 is 2.79 bits per heavy atom. The molecule has 0 saturated heterocycles. The monoisotopic (exact) mass is 441 g/mol. The van der Waals surface area contributed by atoms with Gasteiger partial charge in [-0.05, 0) is 34.5 Å². The molecular formula is C21H16ClN3O2S2. The van der Waals surface area contributed by atoms with E-state index in [0.29, 0.717) is 15.9 Å². The van der Waals surface area contributed by atoms with E-state index in [4.69, 9.17) is 16.3 Å². The van der Waals surface area contributed by atoms with Crippen LogP contribution < -0.4 is 10.1 Å². The Hall–Kier alpha value is -2.61. The first-order valence-corrected chi connectivity index (χ1v) is 11.0. The topological polar surface area (TPSA) is 64.1 Å². The maximum Gasteiger partial charge on any atom is 0.264 e. The summed E-state index contributed by atoms with van der Waals surface area (Å²) in [5.41, 5.74) is 1.24. The second kappa shape index (κ2) is 9.26. The summed E-state index contributed by atoms with van der Waals surface area (Å²) in [6, 6.07) is 21.5. The summed E-state index contributed by atoms with van der Waals surface area (Å²) in [6.45, 7) is -0.127. The van der Waals surface area contributed by atoms with E-state index in [0.717, 1.165) is 10.1 Å². The summed E-state index contributed by atoms with van der Waals surface area (Å²) < 4.78 is 6.22. The van der Waals surface area contributed by atoms with Crippen molar-refractivity contribution >= 4 is 56.5 Å². The number of anilines is 1. The Labute approximate surface area is 181 Å². The Bertz CT molecular complexity index is 1140. The fourth-order valence-corrected chi connectivity index (χ4v) is 4.69. The third-order valence-electron chi connectivity index (χ3n) is 4.05. The molecule has 29 heavy (non-hydrogen) atoms. The second-order valence-corrected chi connectivity index (χ2v) is 8.73. The predicted octanol–water partition coefficient (Wildman–Crippen LogP) is 5.65. The number of nitrogens with one attached hydrogen (secondary N) is 1. The van der Waals surface area contributed by atoms with Gasteiger partial charge in [-0.15, -0.1) is 10.2 Å². The minimum atomic E-state index is -0.299. The van der Waals surface area contributed by atoms with Crippen molar-refractivity contribution in [2.75, 3.05) is 11.9 Å². The number of aromatic nitrogens is 2. The van der Waals surface area contributed by atoms with E-state index < -0.39 is 0 Å². The molecule has 1 heterocycles. The Morgan fingerprint density at radius 2 is 1.90 bits per heavy atom. The molecule has 1 amide bonds. The minimum Gasteiger partial charge on any atom is -0.484 e. The number of thioether (sulfide) groups is 1. The fourth-order valence-electron chi connectivity index (χ4n) is 2.74. The highest BCUT2D eigenvalue weighted by Gasteiger charge is 2.10. The molecule has 1 N–H and O–H groups in total. The van der Waals surface area contributed by atoms with Crippen LogP contribution in [0.2, 0.25) is 5.02 Å². The van der Waals surface area contributed by atoms with Gasteiger partial charge in [-0.2, -0.15) is 0 Å². The first kappa shape index (κ1) is 19.7. The number of hydrogen-bond acceptors (Lipinski definition) is 6. The average molecular weight is 442 g/mol. The summed E-state index contributed by atoms with van der Waals surface area (Å²) in [5, 5.41) is 14.4. The van der Waals surface area contributed by atoms with Crippen molar-refractivity contribution in [2.45, 2.75) is 10.1 Å². The number of ether oxygens (including phenoxy) is 1. The molecule has 0 aliphatic carbocycles. The highest BCUT2D eigenvalue weighted by molar-refractivity contribution is 8.00. The number of benzene rings is 3. The lowest BCUT2D eigenvalue weighted by molar-refractivity contribution is -0.118. The molecule has 4 rings (SSSR count). The van der Waals surface area contributed by atoms with E-state index in [-0.39, 0.29) is 12.5 Å². The van der Waals surface area contributed by atoms with E-state index in [1.165, 1.54) is 27.7 Å². The number of amides is 1. The van der Waals surface area contributed by atoms with Gasteiger partial charge in [-0.3, -0.25) is 10.1 Å². The van der Waals surface area contributed by atoms with Crippen LogP contribution in [0.5, 0.6) is 5.75 Å². The van der Waals surface area contributed by atoms with Crippen LogP contribution in [0.3, 0.4) is 0 Å². The van der Waals surface area contributed by atoms with Gasteiger partial charge in [-0.25, -0.2) is 0 Å². The SMILES string of the molecule is O=C(COc1cccc(Cl)c1)Nc1nnc(SCc2cccc3ccccc23)s1. The van der Waals surface area contributed by atoms with Gasteiger partial charge in [0.15, 0.2) is 10.9 Å². The van der Waals surface area contributed by atoms with Crippen LogP contribution in [0.1, 0.15) is 5.56 Å². The molecule has 0 radical (unpaired) electrons. The van der Waals surface area contributed by atoms with Crippen molar-refractivity contribution in [3.8, 4) is 5.75 Å². The smallest absolute Gasteiger partial charge is 0.264 e.